The van der Waals surface area contributed by atoms with Crippen LogP contribution >= 0.6 is 0 Å². The highest BCUT2D eigenvalue weighted by molar-refractivity contribution is 5.91. The van der Waals surface area contributed by atoms with Crippen LogP contribution in [0.5, 0.6) is 0 Å². The molecule has 0 spiro atoms. The Morgan fingerprint density at radius 3 is 2.46 bits per heavy atom. The second kappa shape index (κ2) is 16.1. The Morgan fingerprint density at radius 2 is 1.79 bits per heavy atom. The summed E-state index contributed by atoms with van der Waals surface area (Å²) in [7, 11) is 3.54. The van der Waals surface area contributed by atoms with Crippen molar-refractivity contribution in [2.24, 2.45) is 5.41 Å². The maximum atomic E-state index is 14.6. The zero-order valence-electron chi connectivity index (χ0n) is 29.4. The molecule has 0 amide bonds. The number of aromatic amines is 1. The number of methoxy groups -OCH3 is 1. The third kappa shape index (κ3) is 8.96. The number of fused-ring (bicyclic) bond motifs is 1. The third-order valence-corrected chi connectivity index (χ3v) is 9.89. The first-order valence-corrected chi connectivity index (χ1v) is 17.5. The molecule has 1 aromatic carbocycles. The number of carboxylic acids is 1. The predicted octanol–water partition coefficient (Wildman–Crippen LogP) is 5.89. The fourth-order valence-corrected chi connectivity index (χ4v) is 7.20. The normalized spacial score (nSPS) is 16.5. The van der Waals surface area contributed by atoms with Crippen molar-refractivity contribution in [3.05, 3.63) is 48.0 Å². The number of hydrogen-bond acceptors (Lipinski definition) is 10. The molecular formula is C36H44F4N8O4. The van der Waals surface area contributed by atoms with Gasteiger partial charge in [0.1, 0.15) is 22.8 Å². The number of nitrogens with one attached hydrogen (secondary N) is 1. The second-order valence-corrected chi connectivity index (χ2v) is 13.7. The third-order valence-electron chi connectivity index (χ3n) is 9.89. The fourth-order valence-electron chi connectivity index (χ4n) is 7.20. The zero-order valence-corrected chi connectivity index (χ0v) is 29.4. The summed E-state index contributed by atoms with van der Waals surface area (Å²) in [6.45, 7) is 5.85. The van der Waals surface area contributed by atoms with Crippen LogP contribution < -0.4 is 9.80 Å². The number of aliphatic carboxylic acids is 1. The van der Waals surface area contributed by atoms with Crippen LogP contribution in [0.4, 0.5) is 29.1 Å². The first-order chi connectivity index (χ1) is 24.9. The Hall–Kier alpha value is -4.41. The van der Waals surface area contributed by atoms with Gasteiger partial charge in [-0.2, -0.15) is 13.2 Å². The van der Waals surface area contributed by atoms with Crippen molar-refractivity contribution < 1.29 is 36.9 Å². The molecule has 16 heteroatoms. The van der Waals surface area contributed by atoms with Gasteiger partial charge in [0.15, 0.2) is 11.5 Å². The van der Waals surface area contributed by atoms with E-state index in [9.17, 15) is 22.4 Å². The molecule has 1 aliphatic heterocycles. The van der Waals surface area contributed by atoms with Crippen LogP contribution in [-0.2, 0) is 20.4 Å². The Bertz CT molecular complexity index is 1820. The largest absolute Gasteiger partial charge is 0.481 e. The van der Waals surface area contributed by atoms with Gasteiger partial charge in [-0.25, -0.2) is 24.3 Å². The van der Waals surface area contributed by atoms with Gasteiger partial charge >= 0.3 is 12.1 Å². The summed E-state index contributed by atoms with van der Waals surface area (Å²) in [6, 6.07) is 4.09. The number of anilines is 2. The molecule has 3 aromatic heterocycles. The van der Waals surface area contributed by atoms with E-state index in [4.69, 9.17) is 19.6 Å². The Morgan fingerprint density at radius 1 is 1.02 bits per heavy atom. The quantitative estimate of drug-likeness (QED) is 0.112. The Balaban J connectivity index is 1.29. The Labute approximate surface area is 299 Å². The molecule has 280 valence electrons. The summed E-state index contributed by atoms with van der Waals surface area (Å²) in [5.74, 6) is -0.726. The van der Waals surface area contributed by atoms with Crippen LogP contribution in [0, 0.1) is 11.2 Å². The van der Waals surface area contributed by atoms with Crippen LogP contribution in [0.1, 0.15) is 44.1 Å². The first-order valence-electron chi connectivity index (χ1n) is 17.5. The molecule has 6 rings (SSSR count). The molecule has 0 bridgehead atoms. The summed E-state index contributed by atoms with van der Waals surface area (Å²) in [5.41, 5.74) is 0.791. The lowest BCUT2D eigenvalue weighted by molar-refractivity contribution is -0.138. The minimum Gasteiger partial charge on any atom is -0.481 e. The topological polar surface area (TPSA) is 133 Å². The number of halogens is 4. The Kier molecular flexibility index (Phi) is 11.6. The van der Waals surface area contributed by atoms with E-state index in [0.29, 0.717) is 67.4 Å². The van der Waals surface area contributed by atoms with Gasteiger partial charge in [0.05, 0.1) is 49.2 Å². The highest BCUT2D eigenvalue weighted by Crippen LogP contribution is 2.41. The highest BCUT2D eigenvalue weighted by Gasteiger charge is 2.36. The van der Waals surface area contributed by atoms with E-state index in [2.05, 4.69) is 29.7 Å². The number of ether oxygens (including phenoxy) is 2. The summed E-state index contributed by atoms with van der Waals surface area (Å²) >= 11 is 0. The molecule has 2 fully saturated rings. The lowest BCUT2D eigenvalue weighted by Crippen LogP contribution is -2.47. The summed E-state index contributed by atoms with van der Waals surface area (Å²) < 4.78 is 66.8. The van der Waals surface area contributed by atoms with Crippen LogP contribution in [0.2, 0.25) is 0 Å². The monoisotopic (exact) mass is 728 g/mol. The molecule has 2 aliphatic rings. The van der Waals surface area contributed by atoms with E-state index in [-0.39, 0.29) is 28.7 Å². The summed E-state index contributed by atoms with van der Waals surface area (Å²) in [5, 5.41) is 8.91. The molecule has 1 saturated heterocycles. The van der Waals surface area contributed by atoms with Gasteiger partial charge in [-0.15, -0.1) is 0 Å². The van der Waals surface area contributed by atoms with Crippen LogP contribution in [-0.4, -0.2) is 114 Å². The number of aromatic nitrogens is 5. The van der Waals surface area contributed by atoms with Gasteiger partial charge in [-0.3, -0.25) is 9.69 Å². The molecular weight excluding hydrogens is 684 g/mol. The number of piperazine rings is 1. The van der Waals surface area contributed by atoms with E-state index in [1.807, 2.05) is 11.9 Å². The molecule has 1 aliphatic carbocycles. The van der Waals surface area contributed by atoms with Crippen molar-refractivity contribution in [1.29, 1.82) is 0 Å². The number of benzene rings is 1. The van der Waals surface area contributed by atoms with Gasteiger partial charge in [-0.1, -0.05) is 12.8 Å². The SMILES string of the molecule is COCCOCC1(CN(C)c2cc(-c3cc(F)cc(C(F)(F)F)c3)nc3nc(-c4cnc(N5CCN(CCCC(=O)O)CC5)cn4)[nH]c23)CCCC1. The summed E-state index contributed by atoms with van der Waals surface area (Å²) in [6.07, 6.45) is 3.35. The van der Waals surface area contributed by atoms with Crippen molar-refractivity contribution in [1.82, 2.24) is 29.8 Å². The van der Waals surface area contributed by atoms with Gasteiger partial charge in [0.25, 0.3) is 0 Å². The molecule has 12 nitrogen and oxygen atoms in total. The molecule has 0 radical (unpaired) electrons. The van der Waals surface area contributed by atoms with E-state index < -0.39 is 23.5 Å². The maximum Gasteiger partial charge on any atom is 0.416 e. The molecule has 0 atom stereocenters. The standard InChI is InChI=1S/C36H44F4N8O4/c1-46(22-35(7-3-4-8-35)23-52-15-14-51-2)29-19-27(24-16-25(36(38,39)40)18-26(37)17-24)43-34-32(29)44-33(45-34)28-20-42-30(21-41-28)48-12-10-47(11-13-48)9-5-6-31(49)50/h16-21H,3-15,22-23H2,1-2H3,(H,49,50)(H,43,44,45). The molecule has 4 aromatic rings. The number of carbonyl (C=O) groups is 1. The molecule has 52 heavy (non-hydrogen) atoms. The number of hydrogen-bond donors (Lipinski definition) is 2. The van der Waals surface area contributed by atoms with Gasteiger partial charge < -0.3 is 29.4 Å². The van der Waals surface area contributed by atoms with E-state index in [1.165, 1.54) is 0 Å². The number of H-pyrrole nitrogens is 1. The molecule has 2 N–H and O–H groups in total. The lowest BCUT2D eigenvalue weighted by atomic mass is 9.86. The van der Waals surface area contributed by atoms with Crippen molar-refractivity contribution >= 4 is 28.6 Å². The fraction of sp³-hybridized carbons (Fsp3) is 0.528. The average molecular weight is 729 g/mol. The lowest BCUT2D eigenvalue weighted by Gasteiger charge is -2.35. The van der Waals surface area contributed by atoms with Crippen LogP contribution in [0.25, 0.3) is 33.9 Å². The van der Waals surface area contributed by atoms with E-state index in [0.717, 1.165) is 70.5 Å². The van der Waals surface area contributed by atoms with Crippen molar-refractivity contribution in [2.75, 3.05) is 83.0 Å². The smallest absolute Gasteiger partial charge is 0.416 e. The van der Waals surface area contributed by atoms with Crippen molar-refractivity contribution in [2.45, 2.75) is 44.7 Å². The maximum absolute atomic E-state index is 14.6. The van der Waals surface area contributed by atoms with Crippen LogP contribution in [0.15, 0.2) is 36.7 Å². The number of pyridine rings is 1. The number of alkyl halides is 3. The van der Waals surface area contributed by atoms with Gasteiger partial charge in [0.2, 0.25) is 0 Å². The predicted molar refractivity (Wildman–Crippen MR) is 188 cm³/mol. The minimum absolute atomic E-state index is 0.0157. The van der Waals surface area contributed by atoms with Gasteiger partial charge in [0, 0.05) is 64.3 Å². The molecule has 0 unspecified atom stereocenters. The number of nitrogens with zero attached hydrogens (tertiary/aromatic N) is 7. The van der Waals surface area contributed by atoms with E-state index >= 15 is 0 Å². The minimum atomic E-state index is -4.74. The summed E-state index contributed by atoms with van der Waals surface area (Å²) in [4.78, 5) is 39.2. The number of carboxylic acid groups (broad SMARTS) is 1. The number of imidazole rings is 1. The second-order valence-electron chi connectivity index (χ2n) is 13.7. The first kappa shape index (κ1) is 37.4. The zero-order chi connectivity index (χ0) is 36.9. The molecule has 1 saturated carbocycles. The van der Waals surface area contributed by atoms with E-state index in [1.54, 1.807) is 25.6 Å². The molecule has 4 heterocycles. The van der Waals surface area contributed by atoms with Crippen molar-refractivity contribution in [3.8, 4) is 22.8 Å². The highest BCUT2D eigenvalue weighted by atomic mass is 19.4. The van der Waals surface area contributed by atoms with Crippen molar-refractivity contribution in [3.63, 3.8) is 0 Å². The van der Waals surface area contributed by atoms with Gasteiger partial charge in [-0.05, 0) is 50.1 Å². The van der Waals surface area contributed by atoms with Crippen LogP contribution in [0.3, 0.4) is 0 Å². The number of rotatable bonds is 15. The average Bonchev–Trinajstić information content (AvgIpc) is 3.77.